The highest BCUT2D eigenvalue weighted by Crippen LogP contribution is 2.37. The first-order chi connectivity index (χ1) is 16.2. The van der Waals surface area contributed by atoms with Crippen LogP contribution in [-0.4, -0.2) is 52.0 Å². The Balaban J connectivity index is 1.73. The number of nitrogens with zero attached hydrogens (tertiary/aromatic N) is 4. The molecule has 0 saturated heterocycles. The van der Waals surface area contributed by atoms with Gasteiger partial charge < -0.3 is 9.47 Å². The molecule has 0 saturated carbocycles. The van der Waals surface area contributed by atoms with Crippen LogP contribution in [0.3, 0.4) is 0 Å². The van der Waals surface area contributed by atoms with Gasteiger partial charge in [-0.3, -0.25) is 14.5 Å². The van der Waals surface area contributed by atoms with Crippen LogP contribution in [-0.2, 0) is 0 Å². The molecule has 0 N–H and O–H groups in total. The summed E-state index contributed by atoms with van der Waals surface area (Å²) in [7, 11) is 2.91. The first-order valence-corrected chi connectivity index (χ1v) is 9.92. The summed E-state index contributed by atoms with van der Waals surface area (Å²) in [6.07, 6.45) is -3.51. The number of carbonyl (C=O) groups is 2. The fraction of sp³-hybridized carbons (Fsp3) is 0.130. The van der Waals surface area contributed by atoms with E-state index in [0.717, 1.165) is 17.0 Å². The van der Waals surface area contributed by atoms with Crippen molar-refractivity contribution >= 4 is 22.8 Å². The molecule has 0 atom stereocenters. The highest BCUT2D eigenvalue weighted by atomic mass is 19.4. The normalized spacial score (nSPS) is 13.5. The van der Waals surface area contributed by atoms with Crippen LogP contribution in [0.4, 0.5) is 13.2 Å². The summed E-state index contributed by atoms with van der Waals surface area (Å²) < 4.78 is 48.1. The number of fused-ring (bicyclic) bond motifs is 3. The molecule has 3 heterocycles. The molecular formula is C23H15F3N4O4. The van der Waals surface area contributed by atoms with Crippen LogP contribution in [0.5, 0.6) is 11.5 Å². The lowest BCUT2D eigenvalue weighted by molar-refractivity contribution is -0.274. The SMILES string of the molecule is COc1ccc(-c2nn(-c3ccc(OC(F)(F)F)cc3)c3ncc4c(c23)C(=O)N(C)C4=O)cc1. The quantitative estimate of drug-likeness (QED) is 0.417. The number of pyridine rings is 1. The van der Waals surface area contributed by atoms with E-state index in [9.17, 15) is 22.8 Å². The predicted molar refractivity (Wildman–Crippen MR) is 114 cm³/mol. The Morgan fingerprint density at radius 2 is 1.56 bits per heavy atom. The minimum atomic E-state index is -4.82. The second-order valence-corrected chi connectivity index (χ2v) is 7.45. The van der Waals surface area contributed by atoms with Crippen molar-refractivity contribution in [1.82, 2.24) is 19.7 Å². The number of halogens is 3. The standard InChI is InChI=1S/C23H15F3N4O4/c1-29-21(31)16-11-27-20-18(17(16)22(29)32)19(12-3-7-14(33-2)8-4-12)28-30(20)13-5-9-15(10-6-13)34-23(24,25)26/h3-11H,1-2H3. The lowest BCUT2D eigenvalue weighted by atomic mass is 10.0. The van der Waals surface area contributed by atoms with E-state index in [2.05, 4.69) is 14.8 Å². The molecule has 0 fully saturated rings. The fourth-order valence-corrected chi connectivity index (χ4v) is 3.83. The Morgan fingerprint density at radius 3 is 2.18 bits per heavy atom. The van der Waals surface area contributed by atoms with E-state index in [1.54, 1.807) is 24.3 Å². The summed E-state index contributed by atoms with van der Waals surface area (Å²) in [5.74, 6) is -0.742. The summed E-state index contributed by atoms with van der Waals surface area (Å²) >= 11 is 0. The Kier molecular flexibility index (Phi) is 4.78. The number of amides is 2. The molecule has 0 radical (unpaired) electrons. The van der Waals surface area contributed by atoms with Crippen molar-refractivity contribution in [1.29, 1.82) is 0 Å². The van der Waals surface area contributed by atoms with Gasteiger partial charge in [0, 0.05) is 18.8 Å². The minimum absolute atomic E-state index is 0.156. The summed E-state index contributed by atoms with van der Waals surface area (Å²) in [4.78, 5) is 30.8. The van der Waals surface area contributed by atoms with Crippen LogP contribution in [0.2, 0.25) is 0 Å². The highest BCUT2D eigenvalue weighted by Gasteiger charge is 2.37. The molecule has 8 nitrogen and oxygen atoms in total. The molecular weight excluding hydrogens is 453 g/mol. The molecule has 0 bridgehead atoms. The van der Waals surface area contributed by atoms with Gasteiger partial charge in [-0.15, -0.1) is 13.2 Å². The van der Waals surface area contributed by atoms with Crippen molar-refractivity contribution < 1.29 is 32.2 Å². The zero-order valence-electron chi connectivity index (χ0n) is 17.8. The largest absolute Gasteiger partial charge is 0.573 e. The van der Waals surface area contributed by atoms with Gasteiger partial charge in [-0.05, 0) is 48.5 Å². The number of rotatable bonds is 4. The fourth-order valence-electron chi connectivity index (χ4n) is 3.83. The van der Waals surface area contributed by atoms with Gasteiger partial charge in [0.25, 0.3) is 11.8 Å². The number of benzene rings is 2. The van der Waals surface area contributed by atoms with E-state index in [1.165, 1.54) is 37.2 Å². The molecule has 0 spiro atoms. The molecule has 2 aromatic heterocycles. The van der Waals surface area contributed by atoms with Gasteiger partial charge >= 0.3 is 6.36 Å². The first-order valence-electron chi connectivity index (χ1n) is 9.92. The number of aromatic nitrogens is 3. The molecule has 0 unspecified atom stereocenters. The summed E-state index contributed by atoms with van der Waals surface area (Å²) in [6, 6.07) is 12.0. The second-order valence-electron chi connectivity index (χ2n) is 7.45. The van der Waals surface area contributed by atoms with E-state index in [1.807, 2.05) is 0 Å². The van der Waals surface area contributed by atoms with Gasteiger partial charge in [-0.1, -0.05) is 0 Å². The Hall–Kier alpha value is -4.41. The Bertz CT molecular complexity index is 1440. The maximum absolute atomic E-state index is 12.9. The van der Waals surface area contributed by atoms with Gasteiger partial charge in [0.2, 0.25) is 0 Å². The summed E-state index contributed by atoms with van der Waals surface area (Å²) in [6.45, 7) is 0. The van der Waals surface area contributed by atoms with Crippen molar-refractivity contribution in [2.24, 2.45) is 0 Å². The van der Waals surface area contributed by atoms with Crippen molar-refractivity contribution in [3.05, 3.63) is 65.9 Å². The van der Waals surface area contributed by atoms with Crippen LogP contribution < -0.4 is 9.47 Å². The number of hydrogen-bond acceptors (Lipinski definition) is 6. The number of methoxy groups -OCH3 is 1. The van der Waals surface area contributed by atoms with E-state index in [4.69, 9.17) is 4.74 Å². The second kappa shape index (κ2) is 7.58. The van der Waals surface area contributed by atoms with Gasteiger partial charge in [0.05, 0.1) is 29.3 Å². The average molecular weight is 468 g/mol. The molecule has 11 heteroatoms. The van der Waals surface area contributed by atoms with Gasteiger partial charge in [0.1, 0.15) is 17.2 Å². The smallest absolute Gasteiger partial charge is 0.497 e. The number of carbonyl (C=O) groups excluding carboxylic acids is 2. The number of hydrogen-bond donors (Lipinski definition) is 0. The monoisotopic (exact) mass is 468 g/mol. The van der Waals surface area contributed by atoms with E-state index < -0.39 is 18.2 Å². The van der Waals surface area contributed by atoms with E-state index >= 15 is 0 Å². The molecule has 1 aliphatic heterocycles. The first kappa shape index (κ1) is 21.4. The molecule has 4 aromatic rings. The number of alkyl halides is 3. The zero-order chi connectivity index (χ0) is 24.2. The van der Waals surface area contributed by atoms with Gasteiger partial charge in [-0.2, -0.15) is 5.10 Å². The molecule has 5 rings (SSSR count). The van der Waals surface area contributed by atoms with Crippen molar-refractivity contribution in [3.8, 4) is 28.4 Å². The van der Waals surface area contributed by atoms with Crippen molar-refractivity contribution in [3.63, 3.8) is 0 Å². The average Bonchev–Trinajstić information content (AvgIpc) is 3.30. The van der Waals surface area contributed by atoms with E-state index in [0.29, 0.717) is 28.1 Å². The molecule has 0 aliphatic carbocycles. The maximum Gasteiger partial charge on any atom is 0.573 e. The molecule has 34 heavy (non-hydrogen) atoms. The highest BCUT2D eigenvalue weighted by molar-refractivity contribution is 6.27. The van der Waals surface area contributed by atoms with Gasteiger partial charge in [0.15, 0.2) is 5.65 Å². The third-order valence-electron chi connectivity index (χ3n) is 5.43. The maximum atomic E-state index is 12.9. The van der Waals surface area contributed by atoms with Crippen molar-refractivity contribution in [2.45, 2.75) is 6.36 Å². The predicted octanol–water partition coefficient (Wildman–Crippen LogP) is 4.22. The topological polar surface area (TPSA) is 86.6 Å². The summed E-state index contributed by atoms with van der Waals surface area (Å²) in [5.41, 5.74) is 2.00. The molecule has 2 aromatic carbocycles. The lowest BCUT2D eigenvalue weighted by Gasteiger charge is -2.09. The minimum Gasteiger partial charge on any atom is -0.497 e. The molecule has 1 aliphatic rings. The number of imide groups is 1. The number of ether oxygens (including phenoxy) is 2. The van der Waals surface area contributed by atoms with E-state index in [-0.39, 0.29) is 22.5 Å². The molecule has 2 amide bonds. The Labute approximate surface area is 190 Å². The van der Waals surface area contributed by atoms with Crippen LogP contribution in [0.1, 0.15) is 20.7 Å². The van der Waals surface area contributed by atoms with Crippen LogP contribution >= 0.6 is 0 Å². The van der Waals surface area contributed by atoms with Crippen molar-refractivity contribution in [2.75, 3.05) is 14.2 Å². The third-order valence-corrected chi connectivity index (χ3v) is 5.43. The molecule has 172 valence electrons. The third kappa shape index (κ3) is 3.41. The van der Waals surface area contributed by atoms with Crippen LogP contribution in [0.25, 0.3) is 28.0 Å². The lowest BCUT2D eigenvalue weighted by Crippen LogP contribution is -2.24. The van der Waals surface area contributed by atoms with Crippen LogP contribution in [0, 0.1) is 0 Å². The van der Waals surface area contributed by atoms with Gasteiger partial charge in [-0.25, -0.2) is 9.67 Å². The van der Waals surface area contributed by atoms with Crippen LogP contribution in [0.15, 0.2) is 54.7 Å². The Morgan fingerprint density at radius 1 is 0.912 bits per heavy atom. The summed E-state index contributed by atoms with van der Waals surface area (Å²) in [5, 5.41) is 4.98. The zero-order valence-corrected chi connectivity index (χ0v) is 17.8.